The highest BCUT2D eigenvalue weighted by molar-refractivity contribution is 6.13. The lowest BCUT2D eigenvalue weighted by Crippen LogP contribution is -2.26. The molecule has 156 valence electrons. The lowest BCUT2D eigenvalue weighted by molar-refractivity contribution is 0.242. The van der Waals surface area contributed by atoms with Crippen LogP contribution in [0.25, 0.3) is 0 Å². The topological polar surface area (TPSA) is 90.0 Å². The molecular formula is C21H31N7O. The molecule has 8 nitrogen and oxygen atoms in total. The van der Waals surface area contributed by atoms with Crippen LogP contribution in [0.5, 0.6) is 5.75 Å². The highest BCUT2D eigenvalue weighted by Gasteiger charge is 2.27. The molecule has 0 amide bonds. The summed E-state index contributed by atoms with van der Waals surface area (Å²) in [4.78, 5) is 2.28. The molecule has 0 spiro atoms. The molecule has 1 unspecified atom stereocenters. The van der Waals surface area contributed by atoms with Crippen molar-refractivity contribution >= 4 is 17.2 Å². The third-order valence-corrected chi connectivity index (χ3v) is 5.45. The Labute approximate surface area is 172 Å². The monoisotopic (exact) mass is 397 g/mol. The van der Waals surface area contributed by atoms with Gasteiger partial charge in [0.1, 0.15) is 5.75 Å². The minimum Gasteiger partial charge on any atom is -0.491 e. The van der Waals surface area contributed by atoms with Crippen molar-refractivity contribution in [2.45, 2.75) is 32.4 Å². The molecule has 8 heteroatoms. The number of aromatic nitrogens is 4. The second-order valence-electron chi connectivity index (χ2n) is 7.94. The number of hydrogen-bond acceptors (Lipinski definition) is 5. The molecule has 1 fully saturated rings. The van der Waals surface area contributed by atoms with Gasteiger partial charge in [0.15, 0.2) is 5.82 Å². The summed E-state index contributed by atoms with van der Waals surface area (Å²) in [5, 5.41) is 13.4. The fourth-order valence-electron chi connectivity index (χ4n) is 3.90. The summed E-state index contributed by atoms with van der Waals surface area (Å²) < 4.78 is 11.9. The number of nitrogens with zero attached hydrogens (tertiary/aromatic N) is 5. The molecule has 0 bridgehead atoms. The number of benzene rings is 1. The minimum atomic E-state index is 0. The van der Waals surface area contributed by atoms with E-state index in [0.717, 1.165) is 31.0 Å². The predicted octanol–water partition coefficient (Wildman–Crippen LogP) is 3.04. The third kappa shape index (κ3) is 3.62. The Morgan fingerprint density at radius 2 is 2.07 bits per heavy atom. The van der Waals surface area contributed by atoms with Crippen LogP contribution in [0.3, 0.4) is 0 Å². The Bertz CT molecular complexity index is 1030. The summed E-state index contributed by atoms with van der Waals surface area (Å²) in [6.07, 6.45) is 5.32. The molecule has 29 heavy (non-hydrogen) atoms. The zero-order chi connectivity index (χ0) is 20.7. The van der Waals surface area contributed by atoms with Gasteiger partial charge in [0.05, 0.1) is 23.6 Å². The van der Waals surface area contributed by atoms with Crippen molar-refractivity contribution in [3.63, 3.8) is 0 Å². The number of anilines is 2. The van der Waals surface area contributed by atoms with E-state index in [-0.39, 0.29) is 7.53 Å². The van der Waals surface area contributed by atoms with Gasteiger partial charge in [-0.3, -0.25) is 19.5 Å². The first-order chi connectivity index (χ1) is 13.8. The van der Waals surface area contributed by atoms with Crippen LogP contribution in [0.2, 0.25) is 0 Å². The summed E-state index contributed by atoms with van der Waals surface area (Å²) in [6, 6.07) is 7.90. The van der Waals surface area contributed by atoms with Crippen LogP contribution in [-0.4, -0.2) is 44.0 Å². The van der Waals surface area contributed by atoms with Crippen LogP contribution in [-0.2, 0) is 14.1 Å². The van der Waals surface area contributed by atoms with E-state index < -0.39 is 0 Å². The maximum absolute atomic E-state index is 8.75. The average Bonchev–Trinajstić information content (AvgIpc) is 3.28. The molecule has 1 aromatic carbocycles. The number of rotatable bonds is 6. The van der Waals surface area contributed by atoms with E-state index in [4.69, 9.17) is 15.9 Å². The van der Waals surface area contributed by atoms with Crippen molar-refractivity contribution in [3.8, 4) is 5.75 Å². The van der Waals surface area contributed by atoms with Crippen LogP contribution in [0, 0.1) is 5.41 Å². The van der Waals surface area contributed by atoms with E-state index in [1.54, 1.807) is 10.7 Å². The zero-order valence-corrected chi connectivity index (χ0v) is 17.5. The van der Waals surface area contributed by atoms with E-state index in [2.05, 4.69) is 38.8 Å². The second kappa shape index (κ2) is 7.35. The molecule has 0 saturated carbocycles. The average molecular weight is 398 g/mol. The third-order valence-electron chi connectivity index (χ3n) is 5.45. The molecule has 1 saturated heterocycles. The molecule has 1 atom stereocenters. The van der Waals surface area contributed by atoms with Gasteiger partial charge in [0.2, 0.25) is 0 Å². The number of hydrogen-bond donors (Lipinski definition) is 2. The first-order valence-corrected chi connectivity index (χ1v) is 9.97. The molecule has 3 heterocycles. The molecule has 2 aromatic heterocycles. The van der Waals surface area contributed by atoms with Crippen molar-refractivity contribution in [1.29, 1.82) is 5.41 Å². The number of nitrogens with one attached hydrogen (secondary N) is 1. The maximum Gasteiger partial charge on any atom is 0.151 e. The van der Waals surface area contributed by atoms with Gasteiger partial charge in [0.25, 0.3) is 0 Å². The normalized spacial score (nSPS) is 16.7. The predicted molar refractivity (Wildman–Crippen MR) is 117 cm³/mol. The van der Waals surface area contributed by atoms with Gasteiger partial charge < -0.3 is 15.4 Å². The Morgan fingerprint density at radius 3 is 2.72 bits per heavy atom. The summed E-state index contributed by atoms with van der Waals surface area (Å²) in [5.41, 5.74) is 8.47. The van der Waals surface area contributed by atoms with Gasteiger partial charge in [-0.1, -0.05) is 0 Å². The fourth-order valence-corrected chi connectivity index (χ4v) is 3.90. The lowest BCUT2D eigenvalue weighted by atomic mass is 10.0. The quantitative estimate of drug-likeness (QED) is 0.494. The van der Waals surface area contributed by atoms with Crippen LogP contribution in [0.15, 0.2) is 36.7 Å². The first kappa shape index (κ1) is 19.2. The van der Waals surface area contributed by atoms with Gasteiger partial charge in [-0.05, 0) is 38.5 Å². The Morgan fingerprint density at radius 1 is 1.28 bits per heavy atom. The molecule has 1 aliphatic rings. The van der Waals surface area contributed by atoms with Gasteiger partial charge in [0, 0.05) is 58.3 Å². The molecule has 1 aliphatic heterocycles. The first-order valence-electron chi connectivity index (χ1n) is 9.97. The van der Waals surface area contributed by atoms with Crippen molar-refractivity contribution in [1.82, 2.24) is 19.1 Å². The van der Waals surface area contributed by atoms with Gasteiger partial charge >= 0.3 is 0 Å². The summed E-state index contributed by atoms with van der Waals surface area (Å²) >= 11 is 0. The smallest absolute Gasteiger partial charge is 0.151 e. The largest absolute Gasteiger partial charge is 0.491 e. The number of nitrogens with two attached hydrogens (primary N) is 1. The summed E-state index contributed by atoms with van der Waals surface area (Å²) in [5.74, 6) is 1.61. The van der Waals surface area contributed by atoms with Crippen LogP contribution >= 0.6 is 0 Å². The molecular weight excluding hydrogens is 366 g/mol. The van der Waals surface area contributed by atoms with Crippen molar-refractivity contribution < 1.29 is 6.16 Å². The van der Waals surface area contributed by atoms with Gasteiger partial charge in [-0.25, -0.2) is 0 Å². The van der Waals surface area contributed by atoms with E-state index in [1.165, 1.54) is 0 Å². The van der Waals surface area contributed by atoms with Crippen LogP contribution in [0.1, 0.15) is 39.0 Å². The van der Waals surface area contributed by atoms with Gasteiger partial charge in [-0.15, -0.1) is 0 Å². The van der Waals surface area contributed by atoms with Crippen LogP contribution in [0.4, 0.5) is 11.5 Å². The lowest BCUT2D eigenvalue weighted by Gasteiger charge is -2.23. The highest BCUT2D eigenvalue weighted by atomic mass is 16.5. The summed E-state index contributed by atoms with van der Waals surface area (Å²) in [6.45, 7) is 5.82. The van der Waals surface area contributed by atoms with E-state index in [9.17, 15) is 0 Å². The zero-order valence-electron chi connectivity index (χ0n) is 17.5. The standard InChI is InChI=1S/C21H29N7O.H2/c1-14(2)29-16-5-6-18(22)17(11-16)21(23)19-12-20(24-26(19)4)27-8-7-15(13-27)28-10-9-25(28)3;/h5-6,9-12,14-15,23H,7-8,13,22H2,1-4H3;1H. The summed E-state index contributed by atoms with van der Waals surface area (Å²) in [7, 11) is 3.93. The Hall–Kier alpha value is -3.16. The second-order valence-corrected chi connectivity index (χ2v) is 7.94. The van der Waals surface area contributed by atoms with Crippen molar-refractivity contribution in [2.24, 2.45) is 14.1 Å². The molecule has 4 rings (SSSR count). The molecule has 3 aromatic rings. The maximum atomic E-state index is 8.75. The van der Waals surface area contributed by atoms with E-state index in [1.807, 2.05) is 39.1 Å². The molecule has 0 aliphatic carbocycles. The number of ether oxygens (including phenoxy) is 1. The van der Waals surface area contributed by atoms with Crippen molar-refractivity contribution in [3.05, 3.63) is 47.9 Å². The Balaban J connectivity index is 0.00000256. The minimum absolute atomic E-state index is 0. The van der Waals surface area contributed by atoms with Crippen molar-refractivity contribution in [2.75, 3.05) is 23.7 Å². The van der Waals surface area contributed by atoms with Crippen LogP contribution < -0.4 is 15.4 Å². The fraction of sp³-hybridized carbons (Fsp3) is 0.429. The molecule has 3 N–H and O–H groups in total. The van der Waals surface area contributed by atoms with E-state index >= 15 is 0 Å². The molecule has 0 radical (unpaired) electrons. The van der Waals surface area contributed by atoms with E-state index in [0.29, 0.717) is 28.8 Å². The number of aryl methyl sites for hydroxylation is 2. The SMILES string of the molecule is CC(C)Oc1ccc(N)c(C(=N)c2cc(N3CCC(n4ccn4C)C3)nn2C)c1.[HH]. The highest BCUT2D eigenvalue weighted by Crippen LogP contribution is 2.29. The van der Waals surface area contributed by atoms with Gasteiger partial charge in [-0.2, -0.15) is 5.10 Å². The Kier molecular flexibility index (Phi) is 4.86. The number of nitrogen functional groups attached to an aromatic ring is 1.